The van der Waals surface area contributed by atoms with Gasteiger partial charge >= 0.3 is 0 Å². The molecule has 3 rings (SSSR count). The van der Waals surface area contributed by atoms with Crippen molar-refractivity contribution in [3.05, 3.63) is 46.2 Å². The first kappa shape index (κ1) is 12.3. The number of ether oxygens (including phenoxy) is 1. The minimum Gasteiger partial charge on any atom is -0.478 e. The lowest BCUT2D eigenvalue weighted by Crippen LogP contribution is -2.27. The van der Waals surface area contributed by atoms with Gasteiger partial charge in [0.2, 0.25) is 0 Å². The Balaban J connectivity index is 2.14. The summed E-state index contributed by atoms with van der Waals surface area (Å²) in [5.74, 6) is 0.268. The fraction of sp³-hybridized carbons (Fsp3) is 0.231. The van der Waals surface area contributed by atoms with Crippen LogP contribution in [0.1, 0.15) is 18.5 Å². The third-order valence-electron chi connectivity index (χ3n) is 3.21. The van der Waals surface area contributed by atoms with E-state index in [0.717, 1.165) is 5.56 Å². The Kier molecular flexibility index (Phi) is 2.94. The largest absolute Gasteiger partial charge is 0.478 e. The normalized spacial score (nSPS) is 12.5. The van der Waals surface area contributed by atoms with Crippen molar-refractivity contribution in [3.8, 4) is 5.88 Å². The Hall–Kier alpha value is -2.70. The van der Waals surface area contributed by atoms with Crippen LogP contribution in [0.2, 0.25) is 0 Å². The van der Waals surface area contributed by atoms with E-state index in [-0.39, 0.29) is 17.5 Å². The number of aromatic nitrogens is 5. The minimum atomic E-state index is -0.276. The van der Waals surface area contributed by atoms with Gasteiger partial charge in [-0.15, -0.1) is 10.2 Å². The number of benzene rings is 1. The topological polar surface area (TPSA) is 85.7 Å². The maximum absolute atomic E-state index is 12.4. The number of hydrogen-bond acceptors (Lipinski definition) is 5. The van der Waals surface area contributed by atoms with Crippen LogP contribution in [0.3, 0.4) is 0 Å². The second-order valence-corrected chi connectivity index (χ2v) is 4.38. The monoisotopic (exact) mass is 271 g/mol. The molecular weight excluding hydrogens is 258 g/mol. The van der Waals surface area contributed by atoms with Gasteiger partial charge in [0.25, 0.3) is 11.4 Å². The summed E-state index contributed by atoms with van der Waals surface area (Å²) in [4.78, 5) is 12.4. The van der Waals surface area contributed by atoms with Crippen LogP contribution in [0.5, 0.6) is 5.88 Å². The van der Waals surface area contributed by atoms with E-state index in [9.17, 15) is 4.79 Å². The van der Waals surface area contributed by atoms with Crippen molar-refractivity contribution in [2.24, 2.45) is 0 Å². The molecule has 1 atom stereocenters. The molecule has 1 unspecified atom stereocenters. The lowest BCUT2D eigenvalue weighted by atomic mass is 10.1. The van der Waals surface area contributed by atoms with E-state index in [1.165, 1.54) is 11.8 Å². The molecule has 3 aromatic rings. The Labute approximate surface area is 114 Å². The predicted octanol–water partition coefficient (Wildman–Crippen LogP) is 1.13. The molecule has 1 aromatic carbocycles. The van der Waals surface area contributed by atoms with E-state index in [4.69, 9.17) is 4.74 Å². The molecule has 7 heteroatoms. The van der Waals surface area contributed by atoms with E-state index < -0.39 is 0 Å². The number of nitrogens with one attached hydrogen (secondary N) is 1. The molecule has 0 saturated heterocycles. The standard InChI is InChI=1S/C13H13N5O2/c1-8(9-6-4-3-5-7-9)18-13(19)11-10(15-17-18)12(20-2)16-14-11/h3-8H,1-2H3,(H,14,16). The molecular formula is C13H13N5O2. The molecule has 1 N–H and O–H groups in total. The van der Waals surface area contributed by atoms with Crippen LogP contribution in [0.15, 0.2) is 35.1 Å². The average Bonchev–Trinajstić information content (AvgIpc) is 2.92. The first-order valence-corrected chi connectivity index (χ1v) is 6.15. The maximum atomic E-state index is 12.4. The van der Waals surface area contributed by atoms with E-state index in [1.807, 2.05) is 37.3 Å². The third kappa shape index (κ3) is 1.83. The minimum absolute atomic E-state index is 0.213. The van der Waals surface area contributed by atoms with Gasteiger partial charge in [-0.05, 0) is 12.5 Å². The van der Waals surface area contributed by atoms with Gasteiger partial charge in [0.05, 0.1) is 13.2 Å². The van der Waals surface area contributed by atoms with Crippen LogP contribution < -0.4 is 10.3 Å². The van der Waals surface area contributed by atoms with Crippen molar-refractivity contribution >= 4 is 11.0 Å². The van der Waals surface area contributed by atoms with Gasteiger partial charge in [0.1, 0.15) is 0 Å². The number of hydrogen-bond donors (Lipinski definition) is 1. The molecule has 2 heterocycles. The number of fused-ring (bicyclic) bond motifs is 1. The Morgan fingerprint density at radius 2 is 2.05 bits per heavy atom. The van der Waals surface area contributed by atoms with Gasteiger partial charge in [-0.2, -0.15) is 0 Å². The zero-order valence-electron chi connectivity index (χ0n) is 11.1. The lowest BCUT2D eigenvalue weighted by Gasteiger charge is -2.12. The highest BCUT2D eigenvalue weighted by molar-refractivity contribution is 5.77. The quantitative estimate of drug-likeness (QED) is 0.771. The SMILES string of the molecule is COc1n[nH]c2c(=O)n(C(C)c3ccccc3)nnc12. The second-order valence-electron chi connectivity index (χ2n) is 4.38. The van der Waals surface area contributed by atoms with E-state index in [2.05, 4.69) is 20.5 Å². The Morgan fingerprint density at radius 3 is 2.75 bits per heavy atom. The molecule has 7 nitrogen and oxygen atoms in total. The Bertz CT molecular complexity index is 793. The zero-order valence-corrected chi connectivity index (χ0v) is 11.1. The number of H-pyrrole nitrogens is 1. The highest BCUT2D eigenvalue weighted by Crippen LogP contribution is 2.18. The summed E-state index contributed by atoms with van der Waals surface area (Å²) >= 11 is 0. The molecule has 0 fully saturated rings. The van der Waals surface area contributed by atoms with E-state index in [0.29, 0.717) is 11.0 Å². The van der Waals surface area contributed by atoms with Gasteiger partial charge in [-0.1, -0.05) is 35.5 Å². The van der Waals surface area contributed by atoms with E-state index >= 15 is 0 Å². The lowest BCUT2D eigenvalue weighted by molar-refractivity contribution is 0.399. The maximum Gasteiger partial charge on any atom is 0.296 e. The van der Waals surface area contributed by atoms with Gasteiger partial charge in [0, 0.05) is 0 Å². The van der Waals surface area contributed by atoms with E-state index in [1.54, 1.807) is 0 Å². The average molecular weight is 271 g/mol. The molecule has 0 radical (unpaired) electrons. The molecule has 0 bridgehead atoms. The number of rotatable bonds is 3. The molecule has 102 valence electrons. The summed E-state index contributed by atoms with van der Waals surface area (Å²) in [6, 6.07) is 9.43. The molecule has 2 aromatic heterocycles. The van der Waals surface area contributed by atoms with Crippen LogP contribution in [-0.4, -0.2) is 32.3 Å². The summed E-state index contributed by atoms with van der Waals surface area (Å²) in [6.45, 7) is 1.89. The highest BCUT2D eigenvalue weighted by Gasteiger charge is 2.17. The first-order chi connectivity index (χ1) is 9.72. The summed E-state index contributed by atoms with van der Waals surface area (Å²) in [5, 5.41) is 14.5. The van der Waals surface area contributed by atoms with Crippen molar-refractivity contribution in [2.75, 3.05) is 7.11 Å². The second kappa shape index (κ2) is 4.76. The molecule has 0 saturated carbocycles. The Morgan fingerprint density at radius 1 is 1.30 bits per heavy atom. The van der Waals surface area contributed by atoms with Gasteiger partial charge in [-0.3, -0.25) is 9.89 Å². The van der Waals surface area contributed by atoms with Crippen molar-refractivity contribution < 1.29 is 4.74 Å². The van der Waals surface area contributed by atoms with Gasteiger partial charge in [-0.25, -0.2) is 4.68 Å². The highest BCUT2D eigenvalue weighted by atomic mass is 16.5. The third-order valence-corrected chi connectivity index (χ3v) is 3.21. The van der Waals surface area contributed by atoms with Crippen molar-refractivity contribution in [2.45, 2.75) is 13.0 Å². The molecule has 0 spiro atoms. The summed E-state index contributed by atoms with van der Waals surface area (Å²) in [5.41, 5.74) is 1.34. The van der Waals surface area contributed by atoms with Crippen LogP contribution in [0.25, 0.3) is 11.0 Å². The molecule has 0 aliphatic carbocycles. The fourth-order valence-electron chi connectivity index (χ4n) is 2.08. The summed E-state index contributed by atoms with van der Waals surface area (Å²) in [7, 11) is 1.47. The van der Waals surface area contributed by atoms with Gasteiger partial charge < -0.3 is 4.74 Å². The number of methoxy groups -OCH3 is 1. The molecule has 0 aliphatic heterocycles. The predicted molar refractivity (Wildman–Crippen MR) is 72.8 cm³/mol. The van der Waals surface area contributed by atoms with Crippen LogP contribution in [0.4, 0.5) is 0 Å². The smallest absolute Gasteiger partial charge is 0.296 e. The number of nitrogens with zero attached hydrogens (tertiary/aromatic N) is 4. The van der Waals surface area contributed by atoms with Crippen LogP contribution in [-0.2, 0) is 0 Å². The summed E-state index contributed by atoms with van der Waals surface area (Å²) in [6.07, 6.45) is 0. The molecule has 0 amide bonds. The van der Waals surface area contributed by atoms with Crippen molar-refractivity contribution in [1.29, 1.82) is 0 Å². The van der Waals surface area contributed by atoms with Crippen molar-refractivity contribution in [1.82, 2.24) is 25.2 Å². The van der Waals surface area contributed by atoms with Gasteiger partial charge in [0.15, 0.2) is 11.0 Å². The van der Waals surface area contributed by atoms with Crippen LogP contribution in [0, 0.1) is 0 Å². The molecule has 20 heavy (non-hydrogen) atoms. The number of aromatic amines is 1. The first-order valence-electron chi connectivity index (χ1n) is 6.15. The summed E-state index contributed by atoms with van der Waals surface area (Å²) < 4.78 is 6.34. The fourth-order valence-corrected chi connectivity index (χ4v) is 2.08. The molecule has 0 aliphatic rings. The van der Waals surface area contributed by atoms with Crippen molar-refractivity contribution in [3.63, 3.8) is 0 Å². The van der Waals surface area contributed by atoms with Crippen LogP contribution >= 0.6 is 0 Å². The zero-order chi connectivity index (χ0) is 14.1.